The van der Waals surface area contributed by atoms with E-state index in [1.165, 1.54) is 0 Å². The average Bonchev–Trinajstić information content (AvgIpc) is 2.59. The molecule has 1 N–H and O–H groups in total. The fourth-order valence-electron chi connectivity index (χ4n) is 1.12. The van der Waals surface area contributed by atoms with Gasteiger partial charge in [-0.05, 0) is 41.5 Å². The first kappa shape index (κ1) is 13.4. The van der Waals surface area contributed by atoms with Crippen molar-refractivity contribution in [1.29, 1.82) is 0 Å². The highest BCUT2D eigenvalue weighted by atomic mass is 127. The van der Waals surface area contributed by atoms with Gasteiger partial charge in [-0.1, -0.05) is 22.9 Å². The van der Waals surface area contributed by atoms with Crippen molar-refractivity contribution in [3.8, 4) is 0 Å². The van der Waals surface area contributed by atoms with Gasteiger partial charge in [0.1, 0.15) is 0 Å². The largest absolute Gasteiger partial charge is 0.352 e. The first-order valence-electron chi connectivity index (χ1n) is 4.76. The Morgan fingerprint density at radius 2 is 2.47 bits per heavy atom. The normalized spacial score (nSPS) is 12.5. The number of nitrogens with one attached hydrogen (secondary N) is 1. The van der Waals surface area contributed by atoms with Crippen LogP contribution in [0.15, 0.2) is 11.4 Å². The molecule has 1 unspecified atom stereocenters. The summed E-state index contributed by atoms with van der Waals surface area (Å²) in [5.74, 6) is 0.0383. The Hall–Kier alpha value is 0.380. The predicted octanol–water partition coefficient (Wildman–Crippen LogP) is 3.65. The first-order chi connectivity index (χ1) is 7.09. The summed E-state index contributed by atoms with van der Waals surface area (Å²) in [5, 5.41) is 4.80. The topological polar surface area (TPSA) is 29.1 Å². The van der Waals surface area contributed by atoms with Crippen LogP contribution in [0.5, 0.6) is 0 Å². The molecule has 1 atom stereocenters. The van der Waals surface area contributed by atoms with Gasteiger partial charge in [0.2, 0.25) is 0 Å². The van der Waals surface area contributed by atoms with E-state index in [-0.39, 0.29) is 5.91 Å². The van der Waals surface area contributed by atoms with Gasteiger partial charge in [-0.3, -0.25) is 4.79 Å². The molecule has 0 fully saturated rings. The molecular weight excluding hydrogens is 389 g/mol. The molecule has 0 saturated heterocycles. The van der Waals surface area contributed by atoms with Crippen LogP contribution in [0.3, 0.4) is 0 Å². The van der Waals surface area contributed by atoms with E-state index < -0.39 is 0 Å². The first-order valence-corrected chi connectivity index (χ1v) is 7.63. The molecule has 2 nitrogen and oxygen atoms in total. The summed E-state index contributed by atoms with van der Waals surface area (Å²) in [6, 6.07) is 1.91. The predicted molar refractivity (Wildman–Crippen MR) is 77.0 cm³/mol. The Morgan fingerprint density at radius 1 is 1.73 bits per heavy atom. The number of thiophene rings is 1. The maximum absolute atomic E-state index is 11.6. The number of hydrogen-bond donors (Lipinski definition) is 1. The molecule has 1 rings (SSSR count). The monoisotopic (exact) mass is 401 g/mol. The van der Waals surface area contributed by atoms with Gasteiger partial charge in [-0.25, -0.2) is 0 Å². The number of amides is 1. The molecule has 1 aromatic rings. The number of hydrogen-bond acceptors (Lipinski definition) is 2. The summed E-state index contributed by atoms with van der Waals surface area (Å²) >= 11 is 7.29. The molecule has 0 bridgehead atoms. The molecule has 0 aliphatic rings. The van der Waals surface area contributed by atoms with E-state index in [2.05, 4.69) is 50.8 Å². The van der Waals surface area contributed by atoms with Crippen LogP contribution in [-0.2, 0) is 0 Å². The summed E-state index contributed by atoms with van der Waals surface area (Å²) in [5.41, 5.74) is 0.774. The summed E-state index contributed by atoms with van der Waals surface area (Å²) in [7, 11) is 0. The summed E-state index contributed by atoms with van der Waals surface area (Å²) in [4.78, 5) is 12.1. The average molecular weight is 402 g/mol. The van der Waals surface area contributed by atoms with Crippen LogP contribution in [-0.4, -0.2) is 17.3 Å². The quantitative estimate of drug-likeness (QED) is 0.455. The molecular formula is C10H13BrINOS. The van der Waals surface area contributed by atoms with Gasteiger partial charge < -0.3 is 5.32 Å². The summed E-state index contributed by atoms with van der Waals surface area (Å²) in [6.07, 6.45) is 2.10. The van der Waals surface area contributed by atoms with E-state index in [9.17, 15) is 4.79 Å². The lowest BCUT2D eigenvalue weighted by Crippen LogP contribution is -2.24. The van der Waals surface area contributed by atoms with Crippen molar-refractivity contribution in [2.75, 3.05) is 6.54 Å². The lowest BCUT2D eigenvalue weighted by atomic mass is 10.2. The number of alkyl halides is 1. The zero-order chi connectivity index (χ0) is 11.3. The maximum atomic E-state index is 11.6. The summed E-state index contributed by atoms with van der Waals surface area (Å²) in [6.45, 7) is 2.87. The molecule has 0 aliphatic carbocycles. The van der Waals surface area contributed by atoms with Gasteiger partial charge in [0.15, 0.2) is 0 Å². The number of rotatable bonds is 5. The second kappa shape index (κ2) is 6.85. The van der Waals surface area contributed by atoms with Crippen LogP contribution >= 0.6 is 49.9 Å². The minimum atomic E-state index is 0.0383. The third-order valence-corrected chi connectivity index (χ3v) is 4.14. The van der Waals surface area contributed by atoms with E-state index in [4.69, 9.17) is 0 Å². The van der Waals surface area contributed by atoms with Gasteiger partial charge in [0, 0.05) is 16.8 Å². The molecule has 0 aromatic carbocycles. The Kier molecular flexibility index (Phi) is 6.14. The second-order valence-corrected chi connectivity index (χ2v) is 7.69. The van der Waals surface area contributed by atoms with Crippen LogP contribution < -0.4 is 5.32 Å². The van der Waals surface area contributed by atoms with E-state index in [0.717, 1.165) is 27.8 Å². The highest BCUT2D eigenvalue weighted by Gasteiger charge is 2.06. The van der Waals surface area contributed by atoms with Crippen molar-refractivity contribution in [2.24, 2.45) is 0 Å². The Bertz CT molecular complexity index is 327. The standard InChI is InChI=1S/C10H13BrINOS/c1-7(11)3-2-4-13-10(14)8-5-9(12)15-6-8/h5-7H,2-4H2,1H3,(H,13,14). The molecule has 84 valence electrons. The van der Waals surface area contributed by atoms with Crippen molar-refractivity contribution in [1.82, 2.24) is 5.32 Å². The molecule has 0 saturated carbocycles. The zero-order valence-electron chi connectivity index (χ0n) is 8.43. The molecule has 5 heteroatoms. The third kappa shape index (κ3) is 5.31. The molecule has 1 amide bonds. The Morgan fingerprint density at radius 3 is 3.00 bits per heavy atom. The van der Waals surface area contributed by atoms with Crippen molar-refractivity contribution in [3.05, 3.63) is 19.9 Å². The fourth-order valence-corrected chi connectivity index (χ4v) is 2.77. The van der Waals surface area contributed by atoms with Gasteiger partial charge in [-0.2, -0.15) is 0 Å². The van der Waals surface area contributed by atoms with Crippen molar-refractivity contribution in [2.45, 2.75) is 24.6 Å². The van der Waals surface area contributed by atoms with Gasteiger partial charge in [0.25, 0.3) is 5.91 Å². The lowest BCUT2D eigenvalue weighted by molar-refractivity contribution is 0.0953. The van der Waals surface area contributed by atoms with E-state index >= 15 is 0 Å². The fraction of sp³-hybridized carbons (Fsp3) is 0.500. The molecule has 0 spiro atoms. The molecule has 1 aromatic heterocycles. The van der Waals surface area contributed by atoms with Crippen molar-refractivity contribution in [3.63, 3.8) is 0 Å². The van der Waals surface area contributed by atoms with E-state index in [1.54, 1.807) is 11.3 Å². The number of halogens is 2. The number of carbonyl (C=O) groups is 1. The van der Waals surface area contributed by atoms with Gasteiger partial charge >= 0.3 is 0 Å². The minimum absolute atomic E-state index is 0.0383. The van der Waals surface area contributed by atoms with E-state index in [1.807, 2.05) is 11.4 Å². The second-order valence-electron chi connectivity index (χ2n) is 3.32. The van der Waals surface area contributed by atoms with Crippen molar-refractivity contribution >= 4 is 55.8 Å². The Labute approximate surface area is 116 Å². The van der Waals surface area contributed by atoms with E-state index in [0.29, 0.717) is 4.83 Å². The summed E-state index contributed by atoms with van der Waals surface area (Å²) < 4.78 is 1.15. The smallest absolute Gasteiger partial charge is 0.252 e. The zero-order valence-corrected chi connectivity index (χ0v) is 13.0. The van der Waals surface area contributed by atoms with Crippen LogP contribution in [0, 0.1) is 2.88 Å². The SMILES string of the molecule is CC(Br)CCCNC(=O)c1csc(I)c1. The highest BCUT2D eigenvalue weighted by molar-refractivity contribution is 14.1. The van der Waals surface area contributed by atoms with Crippen LogP contribution in [0.1, 0.15) is 30.1 Å². The van der Waals surface area contributed by atoms with Gasteiger partial charge in [-0.15, -0.1) is 11.3 Å². The molecule has 15 heavy (non-hydrogen) atoms. The van der Waals surface area contributed by atoms with Gasteiger partial charge in [0.05, 0.1) is 8.45 Å². The van der Waals surface area contributed by atoms with Crippen molar-refractivity contribution < 1.29 is 4.79 Å². The molecule has 0 radical (unpaired) electrons. The Balaban J connectivity index is 2.25. The molecule has 1 heterocycles. The lowest BCUT2D eigenvalue weighted by Gasteiger charge is -2.04. The minimum Gasteiger partial charge on any atom is -0.352 e. The number of carbonyl (C=O) groups excluding carboxylic acids is 1. The van der Waals surface area contributed by atoms with Crippen LogP contribution in [0.25, 0.3) is 0 Å². The maximum Gasteiger partial charge on any atom is 0.252 e. The van der Waals surface area contributed by atoms with Crippen LogP contribution in [0.4, 0.5) is 0 Å². The van der Waals surface area contributed by atoms with Crippen LogP contribution in [0.2, 0.25) is 0 Å². The highest BCUT2D eigenvalue weighted by Crippen LogP contribution is 2.16. The third-order valence-electron chi connectivity index (χ3n) is 1.89. The molecule has 0 aliphatic heterocycles.